The van der Waals surface area contributed by atoms with E-state index >= 15 is 0 Å². The molecule has 0 bridgehead atoms. The summed E-state index contributed by atoms with van der Waals surface area (Å²) in [4.78, 5) is 16.5. The molecule has 168 valence electrons. The van der Waals surface area contributed by atoms with Gasteiger partial charge in [0.2, 0.25) is 17.6 Å². The summed E-state index contributed by atoms with van der Waals surface area (Å²) in [7, 11) is -3.04. The number of methoxy groups -OCH3 is 1. The normalized spacial score (nSPS) is 20.8. The van der Waals surface area contributed by atoms with E-state index in [1.807, 2.05) is 0 Å². The van der Waals surface area contributed by atoms with Gasteiger partial charge in [-0.25, -0.2) is 31.7 Å². The second kappa shape index (κ2) is 8.42. The van der Waals surface area contributed by atoms with Crippen LogP contribution in [0.25, 0.3) is 0 Å². The fourth-order valence-corrected chi connectivity index (χ4v) is 4.20. The lowest BCUT2D eigenvalue weighted by Crippen LogP contribution is -2.38. The maximum Gasteiger partial charge on any atom is 0.255 e. The van der Waals surface area contributed by atoms with E-state index in [0.717, 1.165) is 25.4 Å². The zero-order valence-electron chi connectivity index (χ0n) is 16.2. The summed E-state index contributed by atoms with van der Waals surface area (Å²) in [5, 5.41) is 6.88. The molecule has 1 aromatic heterocycles. The van der Waals surface area contributed by atoms with Crippen molar-refractivity contribution in [1.29, 1.82) is 0 Å². The van der Waals surface area contributed by atoms with Gasteiger partial charge in [0.1, 0.15) is 0 Å². The molecule has 3 rings (SSSR count). The Hall–Kier alpha value is -2.73. The Bertz CT molecular complexity index is 1110. The Morgan fingerprint density at radius 3 is 2.65 bits per heavy atom. The van der Waals surface area contributed by atoms with Crippen molar-refractivity contribution in [3.8, 4) is 5.75 Å². The zero-order chi connectivity index (χ0) is 23.0. The predicted octanol–water partition coefficient (Wildman–Crippen LogP) is 3.17. The number of pyridine rings is 1. The Morgan fingerprint density at radius 1 is 1.29 bits per heavy atom. The van der Waals surface area contributed by atoms with Crippen LogP contribution < -0.4 is 15.2 Å². The van der Waals surface area contributed by atoms with Gasteiger partial charge in [0.15, 0.2) is 16.6 Å². The third-order valence-corrected chi connectivity index (χ3v) is 5.95. The van der Waals surface area contributed by atoms with Crippen LogP contribution in [0.5, 0.6) is 5.75 Å². The number of halogens is 4. The van der Waals surface area contributed by atoms with Gasteiger partial charge in [-0.2, -0.15) is 4.39 Å². The molecular formula is C19H19F4N3O4S. The lowest BCUT2D eigenvalue weighted by molar-refractivity contribution is -0.128. The molecule has 2 unspecified atom stereocenters. The Labute approximate surface area is 175 Å². The second-order valence-corrected chi connectivity index (χ2v) is 8.72. The molecule has 0 saturated heterocycles. The lowest BCUT2D eigenvalue weighted by atomic mass is 9.73. The number of alkyl halides is 2. The molecule has 0 aliphatic heterocycles. The van der Waals surface area contributed by atoms with Crippen LogP contribution >= 0.6 is 0 Å². The van der Waals surface area contributed by atoms with Crippen LogP contribution in [0.15, 0.2) is 35.5 Å². The average molecular weight is 461 g/mol. The summed E-state index contributed by atoms with van der Waals surface area (Å²) in [6, 6.07) is 4.30. The Balaban J connectivity index is 1.96. The highest BCUT2D eigenvalue weighted by molar-refractivity contribution is 7.89. The summed E-state index contributed by atoms with van der Waals surface area (Å²) >= 11 is 0. The smallest absolute Gasteiger partial charge is 0.255 e. The van der Waals surface area contributed by atoms with Crippen LogP contribution in [0.3, 0.4) is 0 Å². The number of nitrogens with one attached hydrogen (secondary N) is 1. The topological polar surface area (TPSA) is 111 Å². The maximum absolute atomic E-state index is 14.2. The predicted molar refractivity (Wildman–Crippen MR) is 102 cm³/mol. The molecule has 12 heteroatoms. The summed E-state index contributed by atoms with van der Waals surface area (Å²) < 4.78 is 83.9. The number of aromatic nitrogens is 1. The third kappa shape index (κ3) is 4.96. The van der Waals surface area contributed by atoms with Gasteiger partial charge in [-0.1, -0.05) is 6.07 Å². The van der Waals surface area contributed by atoms with Gasteiger partial charge in [-0.05, 0) is 24.5 Å². The highest BCUT2D eigenvalue weighted by Crippen LogP contribution is 2.48. The number of carbonyl (C=O) groups is 1. The van der Waals surface area contributed by atoms with Crippen molar-refractivity contribution in [3.05, 3.63) is 47.7 Å². The van der Waals surface area contributed by atoms with Gasteiger partial charge in [-0.3, -0.25) is 4.79 Å². The number of hydrogen-bond donors (Lipinski definition) is 2. The van der Waals surface area contributed by atoms with Crippen molar-refractivity contribution in [2.75, 3.05) is 12.4 Å². The van der Waals surface area contributed by atoms with E-state index in [-0.39, 0.29) is 17.7 Å². The number of hydrogen-bond acceptors (Lipinski definition) is 5. The number of rotatable bonds is 5. The number of sulfonamides is 1. The van der Waals surface area contributed by atoms with Crippen LogP contribution in [-0.2, 0) is 14.8 Å². The maximum atomic E-state index is 14.2. The van der Waals surface area contributed by atoms with Crippen LogP contribution in [-0.4, -0.2) is 32.3 Å². The van der Waals surface area contributed by atoms with Crippen molar-refractivity contribution in [2.45, 2.75) is 36.1 Å². The molecule has 2 atom stereocenters. The molecule has 31 heavy (non-hydrogen) atoms. The first-order chi connectivity index (χ1) is 14.4. The first kappa shape index (κ1) is 22.9. The molecule has 1 aliphatic carbocycles. The van der Waals surface area contributed by atoms with Crippen LogP contribution in [0, 0.1) is 17.6 Å². The molecule has 1 fully saturated rings. The van der Waals surface area contributed by atoms with Crippen molar-refractivity contribution in [2.24, 2.45) is 11.1 Å². The standard InChI is InChI=1S/C19H19F4N3O4S/c1-30-17-12(2-3-14(20)16(17)21)11-4-6-19(22,23)9-13(11)18(27)26-10-5-7-25-15(8-10)31(24,28)29/h2-3,5,7-8,11,13H,4,6,9H2,1H3,(H2,24,28,29)(H,25,26,27). The highest BCUT2D eigenvalue weighted by Gasteiger charge is 2.46. The van der Waals surface area contributed by atoms with Gasteiger partial charge in [-0.15, -0.1) is 0 Å². The first-order valence-corrected chi connectivity index (χ1v) is 10.7. The van der Waals surface area contributed by atoms with Crippen LogP contribution in [0.2, 0.25) is 0 Å². The minimum atomic E-state index is -4.15. The molecule has 7 nitrogen and oxygen atoms in total. The van der Waals surface area contributed by atoms with Crippen molar-refractivity contribution in [1.82, 2.24) is 4.98 Å². The van der Waals surface area contributed by atoms with Crippen LogP contribution in [0.4, 0.5) is 23.2 Å². The molecule has 3 N–H and O–H groups in total. The molecule has 0 radical (unpaired) electrons. The summed E-state index contributed by atoms with van der Waals surface area (Å²) in [6.07, 6.45) is -0.473. The summed E-state index contributed by atoms with van der Waals surface area (Å²) in [5.74, 6) is -9.10. The van der Waals surface area contributed by atoms with Crippen molar-refractivity contribution in [3.63, 3.8) is 0 Å². The first-order valence-electron chi connectivity index (χ1n) is 9.12. The fourth-order valence-electron chi connectivity index (χ4n) is 3.71. The molecule has 1 aliphatic rings. The van der Waals surface area contributed by atoms with E-state index < -0.39 is 68.9 Å². The number of ether oxygens (including phenoxy) is 1. The van der Waals surface area contributed by atoms with E-state index in [9.17, 15) is 30.8 Å². The zero-order valence-corrected chi connectivity index (χ0v) is 17.1. The van der Waals surface area contributed by atoms with Crippen LogP contribution in [0.1, 0.15) is 30.7 Å². The fraction of sp³-hybridized carbons (Fsp3) is 0.368. The molecule has 1 heterocycles. The highest BCUT2D eigenvalue weighted by atomic mass is 32.2. The monoisotopic (exact) mass is 461 g/mol. The minimum Gasteiger partial charge on any atom is -0.493 e. The molecule has 0 spiro atoms. The molecular weight excluding hydrogens is 442 g/mol. The third-order valence-electron chi connectivity index (χ3n) is 5.14. The minimum absolute atomic E-state index is 0.0195. The van der Waals surface area contributed by atoms with E-state index in [2.05, 4.69) is 10.3 Å². The van der Waals surface area contributed by atoms with E-state index in [4.69, 9.17) is 9.88 Å². The second-order valence-electron chi connectivity index (χ2n) is 7.21. The quantitative estimate of drug-likeness (QED) is 0.665. The summed E-state index contributed by atoms with van der Waals surface area (Å²) in [5.41, 5.74) is 0.0749. The van der Waals surface area contributed by atoms with E-state index in [0.29, 0.717) is 0 Å². The molecule has 1 amide bonds. The van der Waals surface area contributed by atoms with Crippen molar-refractivity contribution < 1.29 is 35.5 Å². The van der Waals surface area contributed by atoms with E-state index in [1.54, 1.807) is 0 Å². The summed E-state index contributed by atoms with van der Waals surface area (Å²) in [6.45, 7) is 0. The Kier molecular flexibility index (Phi) is 6.23. The molecule has 1 saturated carbocycles. The number of benzene rings is 1. The number of carbonyl (C=O) groups excluding carboxylic acids is 1. The van der Waals surface area contributed by atoms with Gasteiger partial charge >= 0.3 is 0 Å². The van der Waals surface area contributed by atoms with Gasteiger partial charge in [0.05, 0.1) is 13.0 Å². The Morgan fingerprint density at radius 2 is 2.00 bits per heavy atom. The number of primary sulfonamides is 1. The largest absolute Gasteiger partial charge is 0.493 e. The van der Waals surface area contributed by atoms with E-state index in [1.165, 1.54) is 12.1 Å². The van der Waals surface area contributed by atoms with Gasteiger partial charge < -0.3 is 10.1 Å². The number of nitrogens with two attached hydrogens (primary N) is 1. The molecule has 2 aromatic rings. The average Bonchev–Trinajstić information content (AvgIpc) is 2.69. The van der Waals surface area contributed by atoms with Gasteiger partial charge in [0.25, 0.3) is 10.0 Å². The SMILES string of the molecule is COc1c(C2CCC(F)(F)CC2C(=O)Nc2ccnc(S(N)(=O)=O)c2)ccc(F)c1F. The van der Waals surface area contributed by atoms with Crippen molar-refractivity contribution >= 4 is 21.6 Å². The molecule has 1 aromatic carbocycles. The number of nitrogens with zero attached hydrogens (tertiary/aromatic N) is 1. The van der Waals surface area contributed by atoms with Gasteiger partial charge in [0, 0.05) is 36.4 Å². The lowest BCUT2D eigenvalue weighted by Gasteiger charge is -2.36. The number of amides is 1. The number of anilines is 1.